The Morgan fingerprint density at radius 3 is 3.12 bits per heavy atom. The third kappa shape index (κ3) is 1.41. The average molecular weight is 217 g/mol. The fraction of sp³-hybridized carbons (Fsp3) is 0.417. The molecular formula is C12H15N3O. The highest BCUT2D eigenvalue weighted by molar-refractivity contribution is 5.78. The fourth-order valence-corrected chi connectivity index (χ4v) is 2.27. The molecule has 0 radical (unpaired) electrons. The predicted octanol–water partition coefficient (Wildman–Crippen LogP) is 2.40. The maximum Gasteiger partial charge on any atom is 0.298 e. The molecule has 0 amide bonds. The van der Waals surface area contributed by atoms with Gasteiger partial charge in [-0.3, -0.25) is 0 Å². The highest BCUT2D eigenvalue weighted by atomic mass is 16.4. The normalized spacial score (nSPS) is 20.8. The Kier molecular flexibility index (Phi) is 2.02. The van der Waals surface area contributed by atoms with Crippen molar-refractivity contribution in [2.75, 3.05) is 17.2 Å². The Balaban J connectivity index is 2.04. The molecule has 2 aromatic rings. The quantitative estimate of drug-likeness (QED) is 0.745. The molecule has 1 atom stereocenters. The zero-order valence-corrected chi connectivity index (χ0v) is 9.31. The second-order valence-electron chi connectivity index (χ2n) is 4.41. The first-order valence-electron chi connectivity index (χ1n) is 5.67. The summed E-state index contributed by atoms with van der Waals surface area (Å²) in [5, 5.41) is 0. The summed E-state index contributed by atoms with van der Waals surface area (Å²) in [7, 11) is 0. The third-order valence-electron chi connectivity index (χ3n) is 3.20. The van der Waals surface area contributed by atoms with Crippen molar-refractivity contribution < 1.29 is 4.42 Å². The maximum absolute atomic E-state index is 5.74. The minimum absolute atomic E-state index is 0.519. The third-order valence-corrected chi connectivity index (χ3v) is 3.20. The molecule has 1 fully saturated rings. The molecule has 4 heteroatoms. The van der Waals surface area contributed by atoms with Gasteiger partial charge in [-0.25, -0.2) is 0 Å². The number of fused-ring (bicyclic) bond motifs is 1. The Morgan fingerprint density at radius 1 is 1.50 bits per heavy atom. The summed E-state index contributed by atoms with van der Waals surface area (Å²) in [6.45, 7) is 3.24. The number of oxazole rings is 1. The lowest BCUT2D eigenvalue weighted by molar-refractivity contribution is 0.562. The maximum atomic E-state index is 5.74. The standard InChI is InChI=1S/C12H15N3O/c1-8-3-2-6-15(8)12-14-10-5-4-9(13)7-11(10)16-12/h4-5,7-8H,2-3,6,13H2,1H3. The number of benzene rings is 1. The van der Waals surface area contributed by atoms with Gasteiger partial charge < -0.3 is 15.1 Å². The van der Waals surface area contributed by atoms with Crippen LogP contribution in [0.3, 0.4) is 0 Å². The van der Waals surface area contributed by atoms with Gasteiger partial charge in [0, 0.05) is 24.3 Å². The van der Waals surface area contributed by atoms with Gasteiger partial charge in [0.05, 0.1) is 0 Å². The molecule has 1 unspecified atom stereocenters. The monoisotopic (exact) mass is 217 g/mol. The molecule has 0 spiro atoms. The molecule has 3 rings (SSSR count). The van der Waals surface area contributed by atoms with Crippen LogP contribution in [0, 0.1) is 0 Å². The topological polar surface area (TPSA) is 55.3 Å². The SMILES string of the molecule is CC1CCCN1c1nc2ccc(N)cc2o1. The molecule has 84 valence electrons. The molecule has 0 saturated carbocycles. The largest absolute Gasteiger partial charge is 0.423 e. The van der Waals surface area contributed by atoms with Crippen LogP contribution in [0.4, 0.5) is 11.7 Å². The van der Waals surface area contributed by atoms with E-state index in [1.54, 1.807) is 0 Å². The summed E-state index contributed by atoms with van der Waals surface area (Å²) in [5.74, 6) is 0. The van der Waals surface area contributed by atoms with Crippen molar-refractivity contribution in [3.05, 3.63) is 18.2 Å². The minimum Gasteiger partial charge on any atom is -0.423 e. The Bertz CT molecular complexity index is 520. The first kappa shape index (κ1) is 9.51. The molecule has 4 nitrogen and oxygen atoms in total. The summed E-state index contributed by atoms with van der Waals surface area (Å²) in [6.07, 6.45) is 2.42. The van der Waals surface area contributed by atoms with Gasteiger partial charge in [-0.15, -0.1) is 0 Å². The van der Waals surface area contributed by atoms with Crippen molar-refractivity contribution >= 4 is 22.8 Å². The van der Waals surface area contributed by atoms with Gasteiger partial charge in [0.15, 0.2) is 5.58 Å². The van der Waals surface area contributed by atoms with Crippen molar-refractivity contribution in [1.82, 2.24) is 4.98 Å². The van der Waals surface area contributed by atoms with E-state index in [0.717, 1.165) is 23.7 Å². The van der Waals surface area contributed by atoms with E-state index in [2.05, 4.69) is 16.8 Å². The zero-order valence-electron chi connectivity index (χ0n) is 9.31. The van der Waals surface area contributed by atoms with Crippen molar-refractivity contribution in [3.63, 3.8) is 0 Å². The van der Waals surface area contributed by atoms with Crippen LogP contribution in [0.5, 0.6) is 0 Å². The lowest BCUT2D eigenvalue weighted by Gasteiger charge is -2.18. The van der Waals surface area contributed by atoms with Crippen LogP contribution in [-0.2, 0) is 0 Å². The lowest BCUT2D eigenvalue weighted by Crippen LogP contribution is -2.26. The summed E-state index contributed by atoms with van der Waals surface area (Å²) < 4.78 is 5.74. The van der Waals surface area contributed by atoms with E-state index in [9.17, 15) is 0 Å². The van der Waals surface area contributed by atoms with Crippen LogP contribution in [0.1, 0.15) is 19.8 Å². The van der Waals surface area contributed by atoms with E-state index in [1.165, 1.54) is 12.8 Å². The second kappa shape index (κ2) is 3.40. The molecule has 2 N–H and O–H groups in total. The number of aromatic nitrogens is 1. The van der Waals surface area contributed by atoms with E-state index in [4.69, 9.17) is 10.2 Å². The van der Waals surface area contributed by atoms with Crippen LogP contribution >= 0.6 is 0 Å². The molecule has 1 aliphatic heterocycles. The van der Waals surface area contributed by atoms with Gasteiger partial charge in [0.1, 0.15) is 5.52 Å². The van der Waals surface area contributed by atoms with E-state index in [0.29, 0.717) is 11.7 Å². The van der Waals surface area contributed by atoms with Gasteiger partial charge in [-0.1, -0.05) is 0 Å². The number of rotatable bonds is 1. The number of anilines is 2. The average Bonchev–Trinajstić information content (AvgIpc) is 2.82. The first-order chi connectivity index (χ1) is 7.74. The van der Waals surface area contributed by atoms with Crippen LogP contribution in [-0.4, -0.2) is 17.6 Å². The Hall–Kier alpha value is -1.71. The van der Waals surface area contributed by atoms with E-state index >= 15 is 0 Å². The fourth-order valence-electron chi connectivity index (χ4n) is 2.27. The van der Waals surface area contributed by atoms with E-state index in [1.807, 2.05) is 18.2 Å². The van der Waals surface area contributed by atoms with Gasteiger partial charge in [0.2, 0.25) is 0 Å². The zero-order chi connectivity index (χ0) is 11.1. The number of hydrogen-bond acceptors (Lipinski definition) is 4. The van der Waals surface area contributed by atoms with Gasteiger partial charge in [0.25, 0.3) is 6.01 Å². The Morgan fingerprint density at radius 2 is 2.38 bits per heavy atom. The molecule has 1 aromatic heterocycles. The number of nitrogens with two attached hydrogens (primary N) is 1. The molecule has 1 saturated heterocycles. The first-order valence-corrected chi connectivity index (χ1v) is 5.67. The van der Waals surface area contributed by atoms with Crippen molar-refractivity contribution in [2.24, 2.45) is 0 Å². The van der Waals surface area contributed by atoms with E-state index in [-0.39, 0.29) is 0 Å². The highest BCUT2D eigenvalue weighted by Gasteiger charge is 2.24. The van der Waals surface area contributed by atoms with Crippen molar-refractivity contribution in [2.45, 2.75) is 25.8 Å². The number of hydrogen-bond donors (Lipinski definition) is 1. The summed E-state index contributed by atoms with van der Waals surface area (Å²) in [5.41, 5.74) is 8.08. The Labute approximate surface area is 94.0 Å². The van der Waals surface area contributed by atoms with Crippen molar-refractivity contribution in [1.29, 1.82) is 0 Å². The number of nitrogen functional groups attached to an aromatic ring is 1. The minimum atomic E-state index is 0.519. The number of nitrogens with zero attached hydrogens (tertiary/aromatic N) is 2. The highest BCUT2D eigenvalue weighted by Crippen LogP contribution is 2.28. The molecule has 0 aliphatic carbocycles. The second-order valence-corrected chi connectivity index (χ2v) is 4.41. The van der Waals surface area contributed by atoms with Crippen LogP contribution in [0.2, 0.25) is 0 Å². The van der Waals surface area contributed by atoms with Crippen molar-refractivity contribution in [3.8, 4) is 0 Å². The molecule has 16 heavy (non-hydrogen) atoms. The molecule has 1 aromatic carbocycles. The molecular weight excluding hydrogens is 202 g/mol. The predicted molar refractivity (Wildman–Crippen MR) is 64.5 cm³/mol. The van der Waals surface area contributed by atoms with Gasteiger partial charge >= 0.3 is 0 Å². The summed E-state index contributed by atoms with van der Waals surface area (Å²) in [4.78, 5) is 6.71. The van der Waals surface area contributed by atoms with Gasteiger partial charge in [-0.2, -0.15) is 4.98 Å². The van der Waals surface area contributed by atoms with Gasteiger partial charge in [-0.05, 0) is 31.9 Å². The van der Waals surface area contributed by atoms with E-state index < -0.39 is 0 Å². The lowest BCUT2D eigenvalue weighted by atomic mass is 10.2. The molecule has 1 aliphatic rings. The van der Waals surface area contributed by atoms with Crippen LogP contribution < -0.4 is 10.6 Å². The van der Waals surface area contributed by atoms with Crippen LogP contribution in [0.25, 0.3) is 11.1 Å². The smallest absolute Gasteiger partial charge is 0.298 e. The van der Waals surface area contributed by atoms with Crippen LogP contribution in [0.15, 0.2) is 22.6 Å². The molecule has 0 bridgehead atoms. The molecule has 2 heterocycles. The summed E-state index contributed by atoms with van der Waals surface area (Å²) >= 11 is 0. The summed E-state index contributed by atoms with van der Waals surface area (Å²) in [6, 6.07) is 6.82.